The van der Waals surface area contributed by atoms with E-state index in [9.17, 15) is 0 Å². The fraction of sp³-hybridized carbons (Fsp3) is 0.200. The number of methoxy groups -OCH3 is 1. The predicted molar refractivity (Wildman–Crippen MR) is 69.6 cm³/mol. The maximum absolute atomic E-state index is 8.96. The molecule has 0 aliphatic heterocycles. The van der Waals surface area contributed by atoms with Crippen molar-refractivity contribution in [2.45, 2.75) is 13.2 Å². The van der Waals surface area contributed by atoms with Crippen molar-refractivity contribution in [3.63, 3.8) is 0 Å². The van der Waals surface area contributed by atoms with E-state index in [2.05, 4.69) is 0 Å². The Hall–Kier alpha value is -1.84. The quantitative estimate of drug-likeness (QED) is 0.878. The number of ether oxygens (including phenoxy) is 2. The van der Waals surface area contributed by atoms with Crippen molar-refractivity contribution >= 4 is 0 Å². The lowest BCUT2D eigenvalue weighted by Crippen LogP contribution is -1.90. The first-order valence-corrected chi connectivity index (χ1v) is 5.77. The van der Waals surface area contributed by atoms with Crippen LogP contribution in [0.2, 0.25) is 0 Å². The fourth-order valence-corrected chi connectivity index (χ4v) is 1.66. The molecule has 94 valence electrons. The standard InChI is InChI=1S/C15H16O3/c1-17-11-13-3-2-4-15(9-13)18-14-7-5-12(10-16)6-8-14/h2-9,16H,10-11H2,1H3. The molecule has 0 saturated heterocycles. The highest BCUT2D eigenvalue weighted by atomic mass is 16.5. The van der Waals surface area contributed by atoms with Gasteiger partial charge in [0.25, 0.3) is 0 Å². The number of hydrogen-bond donors (Lipinski definition) is 1. The zero-order valence-electron chi connectivity index (χ0n) is 10.3. The Labute approximate surface area is 107 Å². The van der Waals surface area contributed by atoms with Crippen LogP contribution in [0.3, 0.4) is 0 Å². The van der Waals surface area contributed by atoms with Gasteiger partial charge < -0.3 is 14.6 Å². The van der Waals surface area contributed by atoms with Crippen LogP contribution < -0.4 is 4.74 Å². The van der Waals surface area contributed by atoms with Gasteiger partial charge in [-0.2, -0.15) is 0 Å². The van der Waals surface area contributed by atoms with Crippen LogP contribution in [0.4, 0.5) is 0 Å². The van der Waals surface area contributed by atoms with Crippen molar-refractivity contribution in [2.75, 3.05) is 7.11 Å². The van der Waals surface area contributed by atoms with Gasteiger partial charge in [0.2, 0.25) is 0 Å². The minimum Gasteiger partial charge on any atom is -0.457 e. The first-order chi connectivity index (χ1) is 8.81. The molecule has 0 saturated carbocycles. The van der Waals surface area contributed by atoms with Crippen molar-refractivity contribution in [1.82, 2.24) is 0 Å². The summed E-state index contributed by atoms with van der Waals surface area (Å²) < 4.78 is 10.8. The zero-order valence-corrected chi connectivity index (χ0v) is 10.3. The topological polar surface area (TPSA) is 38.7 Å². The van der Waals surface area contributed by atoms with Crippen molar-refractivity contribution in [3.05, 3.63) is 59.7 Å². The lowest BCUT2D eigenvalue weighted by atomic mass is 10.2. The third-order valence-electron chi connectivity index (χ3n) is 2.55. The van der Waals surface area contributed by atoms with Gasteiger partial charge in [0.05, 0.1) is 13.2 Å². The van der Waals surface area contributed by atoms with Crippen LogP contribution in [0.15, 0.2) is 48.5 Å². The van der Waals surface area contributed by atoms with E-state index in [1.165, 1.54) is 0 Å². The van der Waals surface area contributed by atoms with E-state index in [1.807, 2.05) is 48.5 Å². The van der Waals surface area contributed by atoms with E-state index >= 15 is 0 Å². The number of rotatable bonds is 5. The third kappa shape index (κ3) is 3.32. The summed E-state index contributed by atoms with van der Waals surface area (Å²) in [7, 11) is 1.67. The summed E-state index contributed by atoms with van der Waals surface area (Å²) in [5, 5.41) is 8.96. The molecule has 2 aromatic carbocycles. The first kappa shape index (κ1) is 12.6. The summed E-state index contributed by atoms with van der Waals surface area (Å²) in [5.41, 5.74) is 1.94. The summed E-state index contributed by atoms with van der Waals surface area (Å²) in [6, 6.07) is 15.1. The maximum Gasteiger partial charge on any atom is 0.127 e. The normalized spacial score (nSPS) is 10.3. The van der Waals surface area contributed by atoms with E-state index in [0.29, 0.717) is 6.61 Å². The molecular weight excluding hydrogens is 228 g/mol. The van der Waals surface area contributed by atoms with Gasteiger partial charge in [0.1, 0.15) is 11.5 Å². The lowest BCUT2D eigenvalue weighted by molar-refractivity contribution is 0.184. The van der Waals surface area contributed by atoms with E-state index in [1.54, 1.807) is 7.11 Å². The van der Waals surface area contributed by atoms with Crippen LogP contribution >= 0.6 is 0 Å². The molecule has 0 unspecified atom stereocenters. The van der Waals surface area contributed by atoms with Crippen LogP contribution in [0, 0.1) is 0 Å². The molecule has 0 fully saturated rings. The van der Waals surface area contributed by atoms with E-state index in [-0.39, 0.29) is 6.61 Å². The van der Waals surface area contributed by atoms with Crippen LogP contribution in [0.25, 0.3) is 0 Å². The van der Waals surface area contributed by atoms with Crippen molar-refractivity contribution < 1.29 is 14.6 Å². The second kappa shape index (κ2) is 6.19. The number of aliphatic hydroxyl groups excluding tert-OH is 1. The van der Waals surface area contributed by atoms with Gasteiger partial charge in [-0.25, -0.2) is 0 Å². The van der Waals surface area contributed by atoms with Gasteiger partial charge in [-0.3, -0.25) is 0 Å². The highest BCUT2D eigenvalue weighted by Gasteiger charge is 1.99. The number of aliphatic hydroxyl groups is 1. The molecule has 3 nitrogen and oxygen atoms in total. The summed E-state index contributed by atoms with van der Waals surface area (Å²) in [5.74, 6) is 1.53. The van der Waals surface area contributed by atoms with Crippen LogP contribution in [0.1, 0.15) is 11.1 Å². The zero-order chi connectivity index (χ0) is 12.8. The van der Waals surface area contributed by atoms with Gasteiger partial charge in [-0.15, -0.1) is 0 Å². The van der Waals surface area contributed by atoms with Gasteiger partial charge in [-0.05, 0) is 35.4 Å². The molecule has 0 radical (unpaired) electrons. The van der Waals surface area contributed by atoms with Crippen molar-refractivity contribution in [3.8, 4) is 11.5 Å². The molecule has 0 atom stereocenters. The molecule has 0 heterocycles. The largest absolute Gasteiger partial charge is 0.457 e. The van der Waals surface area contributed by atoms with Crippen LogP contribution in [-0.2, 0) is 18.0 Å². The number of hydrogen-bond acceptors (Lipinski definition) is 3. The Balaban J connectivity index is 2.09. The predicted octanol–water partition coefficient (Wildman–Crippen LogP) is 3.12. The molecule has 0 aliphatic carbocycles. The highest BCUT2D eigenvalue weighted by molar-refractivity contribution is 5.35. The molecule has 1 N–H and O–H groups in total. The highest BCUT2D eigenvalue weighted by Crippen LogP contribution is 2.22. The van der Waals surface area contributed by atoms with Crippen molar-refractivity contribution in [2.24, 2.45) is 0 Å². The Bertz CT molecular complexity index is 491. The molecule has 0 amide bonds. The van der Waals surface area contributed by atoms with E-state index in [4.69, 9.17) is 14.6 Å². The van der Waals surface area contributed by atoms with Crippen LogP contribution in [-0.4, -0.2) is 12.2 Å². The lowest BCUT2D eigenvalue weighted by Gasteiger charge is -2.07. The smallest absolute Gasteiger partial charge is 0.127 e. The molecule has 0 spiro atoms. The summed E-state index contributed by atoms with van der Waals surface area (Å²) >= 11 is 0. The van der Waals surface area contributed by atoms with Gasteiger partial charge in [0, 0.05) is 7.11 Å². The summed E-state index contributed by atoms with van der Waals surface area (Å²) in [4.78, 5) is 0. The molecule has 0 aromatic heterocycles. The Morgan fingerprint density at radius 2 is 1.72 bits per heavy atom. The molecule has 2 aromatic rings. The summed E-state index contributed by atoms with van der Waals surface area (Å²) in [6.45, 7) is 0.615. The fourth-order valence-electron chi connectivity index (χ4n) is 1.66. The Morgan fingerprint density at radius 1 is 0.944 bits per heavy atom. The summed E-state index contributed by atoms with van der Waals surface area (Å²) in [6.07, 6.45) is 0. The Morgan fingerprint density at radius 3 is 2.39 bits per heavy atom. The second-order valence-corrected chi connectivity index (χ2v) is 3.98. The van der Waals surface area contributed by atoms with Crippen molar-refractivity contribution in [1.29, 1.82) is 0 Å². The van der Waals surface area contributed by atoms with Gasteiger partial charge in [0.15, 0.2) is 0 Å². The minimum atomic E-state index is 0.0452. The van der Waals surface area contributed by atoms with Gasteiger partial charge >= 0.3 is 0 Å². The Kier molecular flexibility index (Phi) is 4.34. The minimum absolute atomic E-state index is 0.0452. The average Bonchev–Trinajstić information content (AvgIpc) is 2.40. The van der Waals surface area contributed by atoms with Crippen LogP contribution in [0.5, 0.6) is 11.5 Å². The monoisotopic (exact) mass is 244 g/mol. The first-order valence-electron chi connectivity index (χ1n) is 5.77. The molecule has 18 heavy (non-hydrogen) atoms. The molecule has 0 bridgehead atoms. The molecule has 0 aliphatic rings. The number of benzene rings is 2. The second-order valence-electron chi connectivity index (χ2n) is 3.98. The SMILES string of the molecule is COCc1cccc(Oc2ccc(CO)cc2)c1. The maximum atomic E-state index is 8.96. The van der Waals surface area contributed by atoms with E-state index in [0.717, 1.165) is 22.6 Å². The molecule has 3 heteroatoms. The average molecular weight is 244 g/mol. The third-order valence-corrected chi connectivity index (χ3v) is 2.55. The van der Waals surface area contributed by atoms with Gasteiger partial charge in [-0.1, -0.05) is 24.3 Å². The molecule has 2 rings (SSSR count). The van der Waals surface area contributed by atoms with E-state index < -0.39 is 0 Å². The molecular formula is C15H16O3.